The minimum absolute atomic E-state index is 0.320. The maximum atomic E-state index is 12.3. The van der Waals surface area contributed by atoms with Crippen LogP contribution in [-0.4, -0.2) is 30.5 Å². The molecule has 0 unspecified atom stereocenters. The zero-order valence-electron chi connectivity index (χ0n) is 15.9. The van der Waals surface area contributed by atoms with Crippen molar-refractivity contribution in [2.24, 2.45) is 4.99 Å². The maximum absolute atomic E-state index is 12.3. The molecule has 0 heterocycles. The first kappa shape index (κ1) is 20.2. The van der Waals surface area contributed by atoms with Gasteiger partial charge in [0.25, 0.3) is 0 Å². The lowest BCUT2D eigenvalue weighted by molar-refractivity contribution is -0.929. The molecular weight excluding hydrogens is 379 g/mol. The van der Waals surface area contributed by atoms with E-state index in [4.69, 9.17) is 23.2 Å². The molecule has 144 valence electrons. The van der Waals surface area contributed by atoms with E-state index in [2.05, 4.69) is 31.2 Å². The molecule has 1 aliphatic carbocycles. The molecule has 1 aliphatic rings. The number of rotatable bonds is 5. The van der Waals surface area contributed by atoms with Gasteiger partial charge < -0.3 is 9.59 Å². The summed E-state index contributed by atoms with van der Waals surface area (Å²) in [4.78, 5) is 4.18. The molecule has 0 aromatic heterocycles. The maximum Gasteiger partial charge on any atom is 0.104 e. The van der Waals surface area contributed by atoms with Crippen molar-refractivity contribution in [1.29, 1.82) is 0 Å². The van der Waals surface area contributed by atoms with E-state index in [9.17, 15) is 5.11 Å². The Hall–Kier alpha value is -1.55. The van der Waals surface area contributed by atoms with Gasteiger partial charge in [0.15, 0.2) is 0 Å². The molecule has 5 heteroatoms. The molecule has 1 fully saturated rings. The van der Waals surface area contributed by atoms with Crippen LogP contribution in [0.4, 0.5) is 5.69 Å². The second-order valence-electron chi connectivity index (χ2n) is 7.94. The summed E-state index contributed by atoms with van der Waals surface area (Å²) in [5.74, 6) is -0.320. The summed E-state index contributed by atoms with van der Waals surface area (Å²) >= 11 is 11.9. The summed E-state index contributed by atoms with van der Waals surface area (Å²) in [6, 6.07) is 13.5. The van der Waals surface area contributed by atoms with Crippen LogP contribution in [0.2, 0.25) is 10.0 Å². The van der Waals surface area contributed by atoms with Crippen LogP contribution in [0, 0.1) is 0 Å². The Balaban J connectivity index is 1.70. The highest BCUT2D eigenvalue weighted by Gasteiger charge is 2.29. The quantitative estimate of drug-likeness (QED) is 0.376. The molecule has 0 radical (unpaired) electrons. The molecule has 0 amide bonds. The third kappa shape index (κ3) is 5.25. The van der Waals surface area contributed by atoms with Crippen LogP contribution in [0.3, 0.4) is 0 Å². The summed E-state index contributed by atoms with van der Waals surface area (Å²) in [7, 11) is 4.64. The lowest BCUT2D eigenvalue weighted by Gasteiger charge is -2.40. The number of aliphatic imine (C=N–C) groups is 1. The van der Waals surface area contributed by atoms with Gasteiger partial charge >= 0.3 is 0 Å². The number of hydrogen-bond acceptors (Lipinski definition) is 2. The SMILES string of the molecule is C[N+](C)(Cc1ccc(N=C([O-])c2ccc(Cl)c(Cl)c2)cc1)C1CCCCC1. The van der Waals surface area contributed by atoms with E-state index in [0.29, 0.717) is 21.3 Å². The van der Waals surface area contributed by atoms with Gasteiger partial charge in [-0.15, -0.1) is 0 Å². The smallest absolute Gasteiger partial charge is 0.104 e. The molecule has 27 heavy (non-hydrogen) atoms. The van der Waals surface area contributed by atoms with E-state index in [0.717, 1.165) is 17.1 Å². The van der Waals surface area contributed by atoms with Gasteiger partial charge in [0.2, 0.25) is 0 Å². The Morgan fingerprint density at radius 3 is 2.30 bits per heavy atom. The number of benzene rings is 2. The Labute approximate surface area is 171 Å². The second kappa shape index (κ2) is 8.64. The third-order valence-electron chi connectivity index (χ3n) is 5.49. The zero-order chi connectivity index (χ0) is 19.4. The lowest BCUT2D eigenvalue weighted by Crippen LogP contribution is -2.48. The molecule has 2 aromatic carbocycles. The first-order chi connectivity index (χ1) is 12.8. The standard InChI is InChI=1S/C22H26Cl2N2O/c1-26(2,19-6-4-3-5-7-19)15-16-8-11-18(12-9-16)25-22(27)17-10-13-20(23)21(24)14-17/h8-14,19H,3-7,15H2,1-2H3. The molecule has 3 rings (SSSR count). The second-order valence-corrected chi connectivity index (χ2v) is 8.76. The molecule has 3 nitrogen and oxygen atoms in total. The summed E-state index contributed by atoms with van der Waals surface area (Å²) < 4.78 is 1.01. The van der Waals surface area contributed by atoms with Gasteiger partial charge in [-0.05, 0) is 61.4 Å². The molecule has 2 aromatic rings. The van der Waals surface area contributed by atoms with E-state index in [1.807, 2.05) is 12.1 Å². The highest BCUT2D eigenvalue weighted by Crippen LogP contribution is 2.28. The summed E-state index contributed by atoms with van der Waals surface area (Å²) in [6.07, 6.45) is 6.71. The van der Waals surface area contributed by atoms with E-state index < -0.39 is 0 Å². The number of hydrogen-bond donors (Lipinski definition) is 0. The molecule has 0 spiro atoms. The normalized spacial score (nSPS) is 16.5. The Kier molecular flexibility index (Phi) is 6.46. The fraction of sp³-hybridized carbons (Fsp3) is 0.409. The average Bonchev–Trinajstić information content (AvgIpc) is 2.66. The third-order valence-corrected chi connectivity index (χ3v) is 6.23. The summed E-state index contributed by atoms with van der Waals surface area (Å²) in [5.41, 5.74) is 2.35. The largest absolute Gasteiger partial charge is 0.858 e. The first-order valence-corrected chi connectivity index (χ1v) is 10.2. The molecule has 0 N–H and O–H groups in total. The molecule has 0 atom stereocenters. The lowest BCUT2D eigenvalue weighted by atomic mass is 9.92. The summed E-state index contributed by atoms with van der Waals surface area (Å²) in [6.45, 7) is 0.992. The predicted octanol–water partition coefficient (Wildman–Crippen LogP) is 5.34. The van der Waals surface area contributed by atoms with Crippen LogP contribution < -0.4 is 5.11 Å². The molecular formula is C22H26Cl2N2O. The van der Waals surface area contributed by atoms with Gasteiger partial charge in [-0.1, -0.05) is 47.8 Å². The van der Waals surface area contributed by atoms with Crippen molar-refractivity contribution in [1.82, 2.24) is 0 Å². The van der Waals surface area contributed by atoms with Crippen molar-refractivity contribution in [2.45, 2.75) is 44.7 Å². The summed E-state index contributed by atoms with van der Waals surface area (Å²) in [5, 5.41) is 13.1. The van der Waals surface area contributed by atoms with Crippen molar-refractivity contribution in [3.8, 4) is 0 Å². The van der Waals surface area contributed by atoms with Gasteiger partial charge in [-0.25, -0.2) is 0 Å². The Morgan fingerprint density at radius 1 is 1.00 bits per heavy atom. The Morgan fingerprint density at radius 2 is 1.67 bits per heavy atom. The molecule has 0 aliphatic heterocycles. The van der Waals surface area contributed by atoms with Gasteiger partial charge in [0, 0.05) is 5.56 Å². The van der Waals surface area contributed by atoms with E-state index in [1.165, 1.54) is 37.7 Å². The minimum atomic E-state index is -0.320. The van der Waals surface area contributed by atoms with Crippen molar-refractivity contribution >= 4 is 34.8 Å². The van der Waals surface area contributed by atoms with Crippen LogP contribution in [0.25, 0.3) is 0 Å². The first-order valence-electron chi connectivity index (χ1n) is 9.48. The van der Waals surface area contributed by atoms with Crippen LogP contribution in [0.15, 0.2) is 47.5 Å². The van der Waals surface area contributed by atoms with E-state index in [1.54, 1.807) is 18.2 Å². The average molecular weight is 405 g/mol. The highest BCUT2D eigenvalue weighted by atomic mass is 35.5. The van der Waals surface area contributed by atoms with Crippen LogP contribution in [-0.2, 0) is 6.54 Å². The van der Waals surface area contributed by atoms with Crippen LogP contribution in [0.5, 0.6) is 0 Å². The topological polar surface area (TPSA) is 35.4 Å². The number of nitrogens with zero attached hydrogens (tertiary/aromatic N) is 2. The van der Waals surface area contributed by atoms with Gasteiger partial charge in [-0.2, -0.15) is 0 Å². The van der Waals surface area contributed by atoms with E-state index in [-0.39, 0.29) is 5.90 Å². The zero-order valence-corrected chi connectivity index (χ0v) is 17.4. The van der Waals surface area contributed by atoms with Crippen molar-refractivity contribution < 1.29 is 9.59 Å². The van der Waals surface area contributed by atoms with Gasteiger partial charge in [0.1, 0.15) is 6.54 Å². The molecule has 0 bridgehead atoms. The highest BCUT2D eigenvalue weighted by molar-refractivity contribution is 6.42. The van der Waals surface area contributed by atoms with Crippen molar-refractivity contribution in [3.63, 3.8) is 0 Å². The van der Waals surface area contributed by atoms with Crippen LogP contribution >= 0.6 is 23.2 Å². The van der Waals surface area contributed by atoms with E-state index >= 15 is 0 Å². The fourth-order valence-corrected chi connectivity index (χ4v) is 4.16. The number of halogens is 2. The van der Waals surface area contributed by atoms with Gasteiger partial charge in [-0.3, -0.25) is 4.99 Å². The van der Waals surface area contributed by atoms with Crippen molar-refractivity contribution in [3.05, 3.63) is 63.6 Å². The monoisotopic (exact) mass is 404 g/mol. The van der Waals surface area contributed by atoms with Crippen molar-refractivity contribution in [2.75, 3.05) is 14.1 Å². The molecule has 0 saturated heterocycles. The minimum Gasteiger partial charge on any atom is -0.858 e. The van der Waals surface area contributed by atoms with Gasteiger partial charge in [0.05, 0.1) is 35.9 Å². The number of quaternary nitrogens is 1. The Bertz CT molecular complexity index is 810. The van der Waals surface area contributed by atoms with Crippen LogP contribution in [0.1, 0.15) is 43.2 Å². The predicted molar refractivity (Wildman–Crippen MR) is 112 cm³/mol. The molecule has 1 saturated carbocycles. The fourth-order valence-electron chi connectivity index (χ4n) is 3.87.